The number of carbonyl (C=O) groups excluding carboxylic acids is 2. The second-order valence-corrected chi connectivity index (χ2v) is 7.41. The molecule has 3 rings (SSSR count). The van der Waals surface area contributed by atoms with Gasteiger partial charge in [0.25, 0.3) is 5.91 Å². The number of benzene rings is 2. The molecule has 11 heteroatoms. The molecule has 0 aliphatic carbocycles. The highest BCUT2D eigenvalue weighted by molar-refractivity contribution is 6.42. The van der Waals surface area contributed by atoms with Crippen molar-refractivity contribution < 1.29 is 14.3 Å². The predicted molar refractivity (Wildman–Crippen MR) is 116 cm³/mol. The molecule has 8 nitrogen and oxygen atoms in total. The fourth-order valence-corrected chi connectivity index (χ4v) is 3.06. The predicted octanol–water partition coefficient (Wildman–Crippen LogP) is 4.45. The molecule has 0 radical (unpaired) electrons. The lowest BCUT2D eigenvalue weighted by molar-refractivity contribution is -0.117. The molecule has 0 spiro atoms. The molecule has 2 aromatic carbocycles. The van der Waals surface area contributed by atoms with E-state index < -0.39 is 5.91 Å². The number of nitrogens with one attached hydrogen (secondary N) is 2. The second kappa shape index (κ2) is 9.34. The zero-order valence-corrected chi connectivity index (χ0v) is 18.1. The average Bonchev–Trinajstić information content (AvgIpc) is 3.05. The van der Waals surface area contributed by atoms with Gasteiger partial charge in [-0.3, -0.25) is 9.59 Å². The van der Waals surface area contributed by atoms with E-state index >= 15 is 0 Å². The van der Waals surface area contributed by atoms with Crippen LogP contribution in [0.1, 0.15) is 16.2 Å². The number of ether oxygens (including phenoxy) is 1. The molecule has 2 amide bonds. The van der Waals surface area contributed by atoms with Crippen molar-refractivity contribution in [1.82, 2.24) is 15.0 Å². The lowest BCUT2D eigenvalue weighted by atomic mass is 10.2. The van der Waals surface area contributed by atoms with Crippen LogP contribution in [0.5, 0.6) is 5.75 Å². The summed E-state index contributed by atoms with van der Waals surface area (Å²) in [5.74, 6) is -0.418. The van der Waals surface area contributed by atoms with Crippen molar-refractivity contribution >= 4 is 58.0 Å². The Balaban J connectivity index is 1.70. The molecule has 1 heterocycles. The van der Waals surface area contributed by atoms with Crippen molar-refractivity contribution in [3.05, 3.63) is 62.9 Å². The Kier molecular flexibility index (Phi) is 6.81. The van der Waals surface area contributed by atoms with Gasteiger partial charge in [-0.15, -0.1) is 5.10 Å². The van der Waals surface area contributed by atoms with Gasteiger partial charge in [0.2, 0.25) is 5.91 Å². The standard InChI is InChI=1S/C19H16Cl3N5O3/c1-10-18(19(29)23-12-4-5-13(21)14(22)8-12)25-26-27(10)9-17(28)24-15-7-11(20)3-6-16(15)30-2/h3-8H,9H2,1-2H3,(H,23,29)(H,24,28). The van der Waals surface area contributed by atoms with E-state index in [0.29, 0.717) is 37.9 Å². The number of nitrogens with zero attached hydrogens (tertiary/aromatic N) is 3. The highest BCUT2D eigenvalue weighted by atomic mass is 35.5. The van der Waals surface area contributed by atoms with E-state index in [2.05, 4.69) is 20.9 Å². The molecular formula is C19H16Cl3N5O3. The number of amides is 2. The second-order valence-electron chi connectivity index (χ2n) is 6.16. The Morgan fingerprint density at radius 3 is 2.53 bits per heavy atom. The number of anilines is 2. The van der Waals surface area contributed by atoms with Gasteiger partial charge < -0.3 is 15.4 Å². The highest BCUT2D eigenvalue weighted by Gasteiger charge is 2.19. The molecule has 0 unspecified atom stereocenters. The molecule has 0 bridgehead atoms. The van der Waals surface area contributed by atoms with Crippen molar-refractivity contribution in [2.45, 2.75) is 13.5 Å². The number of hydrogen-bond donors (Lipinski definition) is 2. The maximum absolute atomic E-state index is 12.5. The number of aromatic nitrogens is 3. The van der Waals surface area contributed by atoms with Gasteiger partial charge in [-0.05, 0) is 43.3 Å². The van der Waals surface area contributed by atoms with Crippen LogP contribution < -0.4 is 15.4 Å². The summed E-state index contributed by atoms with van der Waals surface area (Å²) in [5.41, 5.74) is 1.37. The number of methoxy groups -OCH3 is 1. The van der Waals surface area contributed by atoms with Crippen LogP contribution in [0.15, 0.2) is 36.4 Å². The Labute approximate surface area is 187 Å². The van der Waals surface area contributed by atoms with Gasteiger partial charge in [-0.25, -0.2) is 4.68 Å². The van der Waals surface area contributed by atoms with Crippen LogP contribution in [-0.2, 0) is 11.3 Å². The number of halogens is 3. The molecular weight excluding hydrogens is 453 g/mol. The van der Waals surface area contributed by atoms with Crippen LogP contribution in [0.4, 0.5) is 11.4 Å². The summed E-state index contributed by atoms with van der Waals surface area (Å²) in [6.07, 6.45) is 0. The quantitative estimate of drug-likeness (QED) is 0.557. The van der Waals surface area contributed by atoms with E-state index in [9.17, 15) is 9.59 Å². The van der Waals surface area contributed by atoms with Gasteiger partial charge in [-0.2, -0.15) is 0 Å². The zero-order chi connectivity index (χ0) is 21.8. The monoisotopic (exact) mass is 467 g/mol. The number of hydrogen-bond acceptors (Lipinski definition) is 5. The Hall–Kier alpha value is -2.81. The maximum atomic E-state index is 12.5. The van der Waals surface area contributed by atoms with Crippen molar-refractivity contribution in [1.29, 1.82) is 0 Å². The first kappa shape index (κ1) is 21.9. The van der Waals surface area contributed by atoms with Gasteiger partial charge in [0.1, 0.15) is 12.3 Å². The third kappa shape index (κ3) is 5.02. The summed E-state index contributed by atoms with van der Waals surface area (Å²) in [7, 11) is 1.49. The van der Waals surface area contributed by atoms with Crippen molar-refractivity contribution in [2.75, 3.05) is 17.7 Å². The highest BCUT2D eigenvalue weighted by Crippen LogP contribution is 2.28. The molecule has 0 aliphatic rings. The van der Waals surface area contributed by atoms with Gasteiger partial charge in [0.15, 0.2) is 5.69 Å². The SMILES string of the molecule is COc1ccc(Cl)cc1NC(=O)Cn1nnc(C(=O)Nc2ccc(Cl)c(Cl)c2)c1C. The topological polar surface area (TPSA) is 98.1 Å². The van der Waals surface area contributed by atoms with Crippen molar-refractivity contribution in [2.24, 2.45) is 0 Å². The normalized spacial score (nSPS) is 10.6. The molecule has 2 N–H and O–H groups in total. The maximum Gasteiger partial charge on any atom is 0.278 e. The fraction of sp³-hybridized carbons (Fsp3) is 0.158. The Bertz CT molecular complexity index is 1120. The lowest BCUT2D eigenvalue weighted by Gasteiger charge is -2.11. The van der Waals surface area contributed by atoms with Crippen molar-refractivity contribution in [3.63, 3.8) is 0 Å². The van der Waals surface area contributed by atoms with Crippen LogP contribution in [0.25, 0.3) is 0 Å². The van der Waals surface area contributed by atoms with Gasteiger partial charge in [-0.1, -0.05) is 40.0 Å². The summed E-state index contributed by atoms with van der Waals surface area (Å²) < 4.78 is 6.52. The summed E-state index contributed by atoms with van der Waals surface area (Å²) >= 11 is 17.8. The van der Waals surface area contributed by atoms with Crippen LogP contribution >= 0.6 is 34.8 Å². The minimum atomic E-state index is -0.492. The van der Waals surface area contributed by atoms with E-state index in [1.807, 2.05) is 0 Å². The van der Waals surface area contributed by atoms with E-state index in [-0.39, 0.29) is 18.1 Å². The molecule has 30 heavy (non-hydrogen) atoms. The molecule has 156 valence electrons. The van der Waals surface area contributed by atoms with Gasteiger partial charge in [0.05, 0.1) is 28.5 Å². The van der Waals surface area contributed by atoms with E-state index in [1.165, 1.54) is 17.9 Å². The van der Waals surface area contributed by atoms with Crippen LogP contribution in [0.2, 0.25) is 15.1 Å². The molecule has 0 atom stereocenters. The third-order valence-corrected chi connectivity index (χ3v) is 5.08. The summed E-state index contributed by atoms with van der Waals surface area (Å²) in [5, 5.41) is 14.3. The molecule has 1 aromatic heterocycles. The Morgan fingerprint density at radius 2 is 1.83 bits per heavy atom. The van der Waals surface area contributed by atoms with E-state index in [0.717, 1.165) is 0 Å². The summed E-state index contributed by atoms with van der Waals surface area (Å²) in [6, 6.07) is 9.56. The minimum absolute atomic E-state index is 0.0780. The van der Waals surface area contributed by atoms with Gasteiger partial charge >= 0.3 is 0 Å². The Morgan fingerprint density at radius 1 is 1.07 bits per heavy atom. The minimum Gasteiger partial charge on any atom is -0.495 e. The smallest absolute Gasteiger partial charge is 0.278 e. The number of carbonyl (C=O) groups is 2. The number of rotatable bonds is 6. The van der Waals surface area contributed by atoms with Crippen LogP contribution in [-0.4, -0.2) is 33.9 Å². The largest absolute Gasteiger partial charge is 0.495 e. The lowest BCUT2D eigenvalue weighted by Crippen LogP contribution is -2.21. The van der Waals surface area contributed by atoms with Gasteiger partial charge in [0, 0.05) is 10.7 Å². The fourth-order valence-electron chi connectivity index (χ4n) is 2.59. The van der Waals surface area contributed by atoms with Crippen LogP contribution in [0.3, 0.4) is 0 Å². The third-order valence-electron chi connectivity index (χ3n) is 4.10. The first-order valence-electron chi connectivity index (χ1n) is 8.58. The van der Waals surface area contributed by atoms with Crippen molar-refractivity contribution in [3.8, 4) is 5.75 Å². The van der Waals surface area contributed by atoms with E-state index in [4.69, 9.17) is 39.5 Å². The zero-order valence-electron chi connectivity index (χ0n) is 15.9. The molecule has 0 fully saturated rings. The van der Waals surface area contributed by atoms with Crippen LogP contribution in [0, 0.1) is 6.92 Å². The average molecular weight is 469 g/mol. The van der Waals surface area contributed by atoms with E-state index in [1.54, 1.807) is 37.3 Å². The first-order chi connectivity index (χ1) is 14.3. The first-order valence-corrected chi connectivity index (χ1v) is 9.71. The molecule has 0 saturated carbocycles. The molecule has 0 saturated heterocycles. The summed E-state index contributed by atoms with van der Waals surface area (Å²) in [6.45, 7) is 1.48. The molecule has 0 aliphatic heterocycles. The summed E-state index contributed by atoms with van der Waals surface area (Å²) in [4.78, 5) is 24.9. The molecule has 3 aromatic rings.